The summed E-state index contributed by atoms with van der Waals surface area (Å²) < 4.78 is 0. The van der Waals surface area contributed by atoms with E-state index in [1.165, 1.54) is 19.3 Å². The fourth-order valence-electron chi connectivity index (χ4n) is 3.37. The lowest BCUT2D eigenvalue weighted by atomic mass is 9.70. The number of benzene rings is 1. The van der Waals surface area contributed by atoms with E-state index in [4.69, 9.17) is 23.2 Å². The molecule has 1 amide bonds. The third-order valence-corrected chi connectivity index (χ3v) is 5.47. The van der Waals surface area contributed by atoms with Gasteiger partial charge >= 0.3 is 0 Å². The van der Waals surface area contributed by atoms with Gasteiger partial charge in [-0.15, -0.1) is 0 Å². The van der Waals surface area contributed by atoms with Gasteiger partial charge in [-0.3, -0.25) is 4.79 Å². The first-order valence-electron chi connectivity index (χ1n) is 8.34. The SMILES string of the molecule is CCCCCC1(C(=O)Nc2ccc(Cl)c(Cl)c2)CCCCC1. The molecule has 0 heterocycles. The highest BCUT2D eigenvalue weighted by Gasteiger charge is 2.38. The number of amides is 1. The predicted octanol–water partition coefficient (Wildman–Crippen LogP) is 6.46. The standard InChI is InChI=1S/C18H25Cl2NO/c1-2-3-5-10-18(11-6-4-7-12-18)17(22)21-14-8-9-15(19)16(20)13-14/h8-9,13H,2-7,10-12H2,1H3,(H,21,22). The van der Waals surface area contributed by atoms with Crippen LogP contribution in [0.1, 0.15) is 64.7 Å². The number of hydrogen-bond donors (Lipinski definition) is 1. The highest BCUT2D eigenvalue weighted by molar-refractivity contribution is 6.42. The number of carbonyl (C=O) groups is 1. The van der Waals surface area contributed by atoms with Crippen molar-refractivity contribution in [1.29, 1.82) is 0 Å². The molecule has 1 fully saturated rings. The Kier molecular flexibility index (Phi) is 6.58. The third-order valence-electron chi connectivity index (χ3n) is 4.73. The van der Waals surface area contributed by atoms with Crippen molar-refractivity contribution in [2.45, 2.75) is 64.7 Å². The van der Waals surface area contributed by atoms with Gasteiger partial charge in [0.05, 0.1) is 10.0 Å². The first-order valence-corrected chi connectivity index (χ1v) is 9.09. The zero-order valence-corrected chi connectivity index (χ0v) is 14.8. The molecule has 1 aromatic carbocycles. The van der Waals surface area contributed by atoms with Gasteiger partial charge in [0.25, 0.3) is 0 Å². The molecule has 0 radical (unpaired) electrons. The van der Waals surface area contributed by atoms with Crippen LogP contribution in [0.5, 0.6) is 0 Å². The Hall–Kier alpha value is -0.730. The normalized spacial score (nSPS) is 17.2. The Balaban J connectivity index is 2.08. The van der Waals surface area contributed by atoms with Gasteiger partial charge in [0, 0.05) is 11.1 Å². The minimum absolute atomic E-state index is 0.154. The van der Waals surface area contributed by atoms with Gasteiger partial charge in [-0.25, -0.2) is 0 Å². The van der Waals surface area contributed by atoms with Crippen LogP contribution in [0.2, 0.25) is 10.0 Å². The average molecular weight is 342 g/mol. The topological polar surface area (TPSA) is 29.1 Å². The summed E-state index contributed by atoms with van der Waals surface area (Å²) in [6.45, 7) is 2.20. The van der Waals surface area contributed by atoms with E-state index in [1.54, 1.807) is 12.1 Å². The van der Waals surface area contributed by atoms with E-state index in [0.29, 0.717) is 10.0 Å². The smallest absolute Gasteiger partial charge is 0.230 e. The molecule has 1 aromatic rings. The highest BCUT2D eigenvalue weighted by atomic mass is 35.5. The minimum atomic E-state index is -0.195. The molecule has 0 bridgehead atoms. The van der Waals surface area contributed by atoms with Crippen molar-refractivity contribution in [3.8, 4) is 0 Å². The van der Waals surface area contributed by atoms with Crippen molar-refractivity contribution in [2.24, 2.45) is 5.41 Å². The van der Waals surface area contributed by atoms with E-state index in [0.717, 1.165) is 44.2 Å². The molecule has 2 rings (SSSR count). The number of carbonyl (C=O) groups excluding carboxylic acids is 1. The van der Waals surface area contributed by atoms with Crippen LogP contribution in [-0.2, 0) is 4.79 Å². The molecular formula is C18H25Cl2NO. The van der Waals surface area contributed by atoms with Gasteiger partial charge < -0.3 is 5.32 Å². The monoisotopic (exact) mass is 341 g/mol. The second-order valence-corrected chi connectivity index (χ2v) is 7.20. The molecule has 2 nitrogen and oxygen atoms in total. The van der Waals surface area contributed by atoms with Gasteiger partial charge in [-0.1, -0.05) is 68.7 Å². The minimum Gasteiger partial charge on any atom is -0.326 e. The van der Waals surface area contributed by atoms with Crippen LogP contribution in [0.15, 0.2) is 18.2 Å². The van der Waals surface area contributed by atoms with E-state index in [9.17, 15) is 4.79 Å². The maximum atomic E-state index is 12.9. The van der Waals surface area contributed by atoms with Crippen LogP contribution in [0.3, 0.4) is 0 Å². The molecule has 4 heteroatoms. The van der Waals surface area contributed by atoms with Gasteiger partial charge in [0.15, 0.2) is 0 Å². The molecule has 1 aliphatic rings. The van der Waals surface area contributed by atoms with Crippen molar-refractivity contribution in [1.82, 2.24) is 0 Å². The van der Waals surface area contributed by atoms with Crippen LogP contribution in [0.4, 0.5) is 5.69 Å². The van der Waals surface area contributed by atoms with E-state index in [-0.39, 0.29) is 11.3 Å². The summed E-state index contributed by atoms with van der Waals surface area (Å²) in [5.74, 6) is 0.154. The number of halogens is 2. The fraction of sp³-hybridized carbons (Fsp3) is 0.611. The van der Waals surface area contributed by atoms with E-state index < -0.39 is 0 Å². The zero-order valence-electron chi connectivity index (χ0n) is 13.3. The molecule has 0 spiro atoms. The van der Waals surface area contributed by atoms with Crippen molar-refractivity contribution < 1.29 is 4.79 Å². The second kappa shape index (κ2) is 8.21. The van der Waals surface area contributed by atoms with Crippen molar-refractivity contribution in [3.63, 3.8) is 0 Å². The first-order chi connectivity index (χ1) is 10.6. The molecule has 1 N–H and O–H groups in total. The van der Waals surface area contributed by atoms with Crippen molar-refractivity contribution >= 4 is 34.8 Å². The summed E-state index contributed by atoms with van der Waals surface area (Å²) in [6, 6.07) is 5.27. The quantitative estimate of drug-likeness (QED) is 0.590. The van der Waals surface area contributed by atoms with Crippen molar-refractivity contribution in [2.75, 3.05) is 5.32 Å². The Labute approximate surface area is 143 Å². The Morgan fingerprint density at radius 3 is 2.50 bits per heavy atom. The lowest BCUT2D eigenvalue weighted by Crippen LogP contribution is -2.38. The fourth-order valence-corrected chi connectivity index (χ4v) is 3.67. The van der Waals surface area contributed by atoms with Gasteiger partial charge in [-0.2, -0.15) is 0 Å². The maximum Gasteiger partial charge on any atom is 0.230 e. The summed E-state index contributed by atoms with van der Waals surface area (Å²) in [5, 5.41) is 4.05. The van der Waals surface area contributed by atoms with Crippen LogP contribution in [0.25, 0.3) is 0 Å². The van der Waals surface area contributed by atoms with Crippen LogP contribution in [-0.4, -0.2) is 5.91 Å². The van der Waals surface area contributed by atoms with E-state index >= 15 is 0 Å². The number of nitrogens with one attached hydrogen (secondary N) is 1. The van der Waals surface area contributed by atoms with Crippen molar-refractivity contribution in [3.05, 3.63) is 28.2 Å². The maximum absolute atomic E-state index is 12.9. The third kappa shape index (κ3) is 4.39. The van der Waals surface area contributed by atoms with Crippen LogP contribution < -0.4 is 5.32 Å². The number of hydrogen-bond acceptors (Lipinski definition) is 1. The average Bonchev–Trinajstić information content (AvgIpc) is 2.52. The summed E-state index contributed by atoms with van der Waals surface area (Å²) >= 11 is 12.0. The summed E-state index contributed by atoms with van der Waals surface area (Å²) in [7, 11) is 0. The summed E-state index contributed by atoms with van der Waals surface area (Å²) in [6.07, 6.45) is 10.1. The Morgan fingerprint density at radius 2 is 1.86 bits per heavy atom. The Morgan fingerprint density at radius 1 is 1.14 bits per heavy atom. The van der Waals surface area contributed by atoms with E-state index in [1.807, 2.05) is 6.07 Å². The molecular weight excluding hydrogens is 317 g/mol. The zero-order chi connectivity index (χ0) is 16.0. The first kappa shape index (κ1) is 17.6. The molecule has 122 valence electrons. The second-order valence-electron chi connectivity index (χ2n) is 6.38. The molecule has 22 heavy (non-hydrogen) atoms. The molecule has 0 aromatic heterocycles. The molecule has 0 unspecified atom stereocenters. The lowest BCUT2D eigenvalue weighted by molar-refractivity contribution is -0.128. The lowest BCUT2D eigenvalue weighted by Gasteiger charge is -2.36. The molecule has 0 saturated heterocycles. The number of anilines is 1. The predicted molar refractivity (Wildman–Crippen MR) is 94.8 cm³/mol. The summed E-state index contributed by atoms with van der Waals surface area (Å²) in [4.78, 5) is 12.9. The van der Waals surface area contributed by atoms with Crippen LogP contribution >= 0.6 is 23.2 Å². The van der Waals surface area contributed by atoms with Gasteiger partial charge in [0.1, 0.15) is 0 Å². The van der Waals surface area contributed by atoms with Gasteiger partial charge in [0.2, 0.25) is 5.91 Å². The molecule has 0 atom stereocenters. The van der Waals surface area contributed by atoms with E-state index in [2.05, 4.69) is 12.2 Å². The number of unbranched alkanes of at least 4 members (excludes halogenated alkanes) is 2. The molecule has 1 saturated carbocycles. The largest absolute Gasteiger partial charge is 0.326 e. The summed E-state index contributed by atoms with van der Waals surface area (Å²) in [5.41, 5.74) is 0.541. The molecule has 0 aliphatic heterocycles. The van der Waals surface area contributed by atoms with Gasteiger partial charge in [-0.05, 0) is 37.5 Å². The highest BCUT2D eigenvalue weighted by Crippen LogP contribution is 2.42. The number of rotatable bonds is 6. The molecule has 1 aliphatic carbocycles. The van der Waals surface area contributed by atoms with Crippen LogP contribution in [0, 0.1) is 5.41 Å². The Bertz CT molecular complexity index is 510.